The molecular formula is C22H24N2O5. The lowest BCUT2D eigenvalue weighted by molar-refractivity contribution is -0.148. The molecule has 0 saturated heterocycles. The highest BCUT2D eigenvalue weighted by Gasteiger charge is 2.18. The summed E-state index contributed by atoms with van der Waals surface area (Å²) in [5, 5.41) is 5.24. The fourth-order valence-electron chi connectivity index (χ4n) is 2.66. The lowest BCUT2D eigenvalue weighted by atomic mass is 10.0. The minimum atomic E-state index is -0.676. The van der Waals surface area contributed by atoms with Crippen molar-refractivity contribution in [2.75, 3.05) is 11.9 Å². The first-order chi connectivity index (χ1) is 13.8. The van der Waals surface area contributed by atoms with Crippen molar-refractivity contribution in [2.24, 2.45) is 0 Å². The van der Waals surface area contributed by atoms with Gasteiger partial charge in [-0.15, -0.1) is 0 Å². The Bertz CT molecular complexity index is 863. The van der Waals surface area contributed by atoms with Crippen LogP contribution in [0, 0.1) is 0 Å². The summed E-state index contributed by atoms with van der Waals surface area (Å²) in [6, 6.07) is 15.4. The van der Waals surface area contributed by atoms with Crippen molar-refractivity contribution in [3.8, 4) is 0 Å². The van der Waals surface area contributed by atoms with Crippen molar-refractivity contribution >= 4 is 29.3 Å². The third-order valence-electron chi connectivity index (χ3n) is 4.10. The van der Waals surface area contributed by atoms with Crippen LogP contribution in [-0.2, 0) is 36.8 Å². The van der Waals surface area contributed by atoms with Crippen molar-refractivity contribution in [3.63, 3.8) is 0 Å². The van der Waals surface area contributed by atoms with Gasteiger partial charge >= 0.3 is 5.97 Å². The van der Waals surface area contributed by atoms with Crippen LogP contribution >= 0.6 is 0 Å². The maximum atomic E-state index is 12.1. The van der Waals surface area contributed by atoms with E-state index in [9.17, 15) is 19.2 Å². The van der Waals surface area contributed by atoms with Crippen molar-refractivity contribution in [2.45, 2.75) is 32.7 Å². The van der Waals surface area contributed by atoms with E-state index < -0.39 is 24.5 Å². The highest BCUT2D eigenvalue weighted by Crippen LogP contribution is 2.10. The third kappa shape index (κ3) is 7.96. The van der Waals surface area contributed by atoms with E-state index in [2.05, 4.69) is 10.6 Å². The second kappa shape index (κ2) is 10.8. The molecule has 0 unspecified atom stereocenters. The number of nitrogens with one attached hydrogen (secondary N) is 2. The summed E-state index contributed by atoms with van der Waals surface area (Å²) in [4.78, 5) is 46.8. The Hall–Kier alpha value is -3.48. The molecule has 0 aliphatic rings. The lowest BCUT2D eigenvalue weighted by Gasteiger charge is -2.16. The molecule has 0 aliphatic carbocycles. The van der Waals surface area contributed by atoms with E-state index >= 15 is 0 Å². The maximum absolute atomic E-state index is 12.1. The van der Waals surface area contributed by atoms with Gasteiger partial charge in [0.15, 0.2) is 12.4 Å². The molecule has 7 heteroatoms. The van der Waals surface area contributed by atoms with Gasteiger partial charge in [0.1, 0.15) is 0 Å². The average Bonchev–Trinajstić information content (AvgIpc) is 2.68. The van der Waals surface area contributed by atoms with Crippen LogP contribution in [-0.4, -0.2) is 36.2 Å². The molecule has 2 amide bonds. The standard InChI is InChI=1S/C22H24N2O5/c1-15(25)20(12-17-6-4-3-5-7-17)24-21(27)14-29-22(28)13-18-8-10-19(11-9-18)23-16(2)26/h3-11,20H,12-14H2,1-2H3,(H,23,26)(H,24,27)/t20-/m0/s1. The van der Waals surface area contributed by atoms with Crippen LogP contribution in [0.1, 0.15) is 25.0 Å². The van der Waals surface area contributed by atoms with Gasteiger partial charge in [0, 0.05) is 12.6 Å². The molecule has 0 spiro atoms. The Kier molecular flexibility index (Phi) is 8.09. The number of ketones is 1. The van der Waals surface area contributed by atoms with Gasteiger partial charge in [-0.3, -0.25) is 19.2 Å². The molecule has 0 bridgehead atoms. The van der Waals surface area contributed by atoms with E-state index in [0.717, 1.165) is 5.56 Å². The first-order valence-corrected chi connectivity index (χ1v) is 9.19. The van der Waals surface area contributed by atoms with Crippen molar-refractivity contribution < 1.29 is 23.9 Å². The summed E-state index contributed by atoms with van der Waals surface area (Å²) in [5.74, 6) is -1.45. The molecule has 29 heavy (non-hydrogen) atoms. The number of Topliss-reactive ketones (excluding diaryl/α,β-unsaturated/α-hetero) is 1. The van der Waals surface area contributed by atoms with Crippen molar-refractivity contribution in [1.29, 1.82) is 0 Å². The molecule has 0 aliphatic heterocycles. The van der Waals surface area contributed by atoms with Crippen LogP contribution in [0.15, 0.2) is 54.6 Å². The average molecular weight is 396 g/mol. The summed E-state index contributed by atoms with van der Waals surface area (Å²) in [7, 11) is 0. The maximum Gasteiger partial charge on any atom is 0.310 e. The molecule has 7 nitrogen and oxygen atoms in total. The van der Waals surface area contributed by atoms with Gasteiger partial charge in [-0.1, -0.05) is 42.5 Å². The SMILES string of the molecule is CC(=O)Nc1ccc(CC(=O)OCC(=O)N[C@@H](Cc2ccccc2)C(C)=O)cc1. The number of carbonyl (C=O) groups excluding carboxylic acids is 4. The summed E-state index contributed by atoms with van der Waals surface area (Å²) in [5.41, 5.74) is 2.24. The normalized spacial score (nSPS) is 11.2. The number of amides is 2. The smallest absolute Gasteiger partial charge is 0.310 e. The Balaban J connectivity index is 1.80. The largest absolute Gasteiger partial charge is 0.455 e. The third-order valence-corrected chi connectivity index (χ3v) is 4.10. The topological polar surface area (TPSA) is 102 Å². The van der Waals surface area contributed by atoms with E-state index in [4.69, 9.17) is 4.74 Å². The Labute approximate surface area is 169 Å². The fraction of sp³-hybridized carbons (Fsp3) is 0.273. The van der Waals surface area contributed by atoms with E-state index in [0.29, 0.717) is 17.7 Å². The summed E-state index contributed by atoms with van der Waals surface area (Å²) in [6.07, 6.45) is 0.365. The molecule has 0 heterocycles. The summed E-state index contributed by atoms with van der Waals surface area (Å²) < 4.78 is 5.00. The molecular weight excluding hydrogens is 372 g/mol. The van der Waals surface area contributed by atoms with Gasteiger partial charge in [-0.25, -0.2) is 0 Å². The Morgan fingerprint density at radius 2 is 1.55 bits per heavy atom. The molecule has 2 rings (SSSR count). The number of ether oxygens (including phenoxy) is 1. The summed E-state index contributed by atoms with van der Waals surface area (Å²) >= 11 is 0. The monoisotopic (exact) mass is 396 g/mol. The first-order valence-electron chi connectivity index (χ1n) is 9.19. The van der Waals surface area contributed by atoms with Crippen molar-refractivity contribution in [3.05, 3.63) is 65.7 Å². The van der Waals surface area contributed by atoms with Crippen LogP contribution in [0.3, 0.4) is 0 Å². The number of carbonyl (C=O) groups is 4. The predicted octanol–water partition coefficient (Wildman–Crippen LogP) is 2.05. The minimum Gasteiger partial charge on any atom is -0.455 e. The summed E-state index contributed by atoms with van der Waals surface area (Å²) in [6.45, 7) is 2.36. The van der Waals surface area contributed by atoms with Crippen LogP contribution < -0.4 is 10.6 Å². The van der Waals surface area contributed by atoms with Crippen LogP contribution in [0.4, 0.5) is 5.69 Å². The zero-order chi connectivity index (χ0) is 21.2. The zero-order valence-electron chi connectivity index (χ0n) is 16.4. The molecule has 152 valence electrons. The van der Waals surface area contributed by atoms with Gasteiger partial charge < -0.3 is 15.4 Å². The van der Waals surface area contributed by atoms with Crippen LogP contribution in [0.2, 0.25) is 0 Å². The van der Waals surface area contributed by atoms with Gasteiger partial charge in [-0.05, 0) is 36.6 Å². The predicted molar refractivity (Wildman–Crippen MR) is 108 cm³/mol. The number of rotatable bonds is 9. The molecule has 2 N–H and O–H groups in total. The molecule has 1 atom stereocenters. The number of benzene rings is 2. The van der Waals surface area contributed by atoms with E-state index in [-0.39, 0.29) is 18.1 Å². The zero-order valence-corrected chi connectivity index (χ0v) is 16.4. The number of hydrogen-bond acceptors (Lipinski definition) is 5. The number of hydrogen-bond donors (Lipinski definition) is 2. The number of esters is 1. The molecule has 2 aromatic carbocycles. The molecule has 2 aromatic rings. The van der Waals surface area contributed by atoms with Crippen molar-refractivity contribution in [1.82, 2.24) is 5.32 Å². The van der Waals surface area contributed by atoms with Gasteiger partial charge in [0.25, 0.3) is 5.91 Å². The molecule has 0 aromatic heterocycles. The van der Waals surface area contributed by atoms with Gasteiger partial charge in [0.05, 0.1) is 12.5 Å². The lowest BCUT2D eigenvalue weighted by Crippen LogP contribution is -2.43. The highest BCUT2D eigenvalue weighted by molar-refractivity contribution is 5.89. The second-order valence-corrected chi connectivity index (χ2v) is 6.64. The van der Waals surface area contributed by atoms with E-state index in [1.807, 2.05) is 30.3 Å². The number of anilines is 1. The van der Waals surface area contributed by atoms with Gasteiger partial charge in [0.2, 0.25) is 5.91 Å². The van der Waals surface area contributed by atoms with Crippen LogP contribution in [0.25, 0.3) is 0 Å². The van der Waals surface area contributed by atoms with Crippen LogP contribution in [0.5, 0.6) is 0 Å². The first kappa shape index (κ1) is 21.8. The molecule has 0 radical (unpaired) electrons. The van der Waals surface area contributed by atoms with E-state index in [1.54, 1.807) is 24.3 Å². The fourth-order valence-corrected chi connectivity index (χ4v) is 2.66. The van der Waals surface area contributed by atoms with E-state index in [1.165, 1.54) is 13.8 Å². The Morgan fingerprint density at radius 1 is 0.897 bits per heavy atom. The molecule has 0 fully saturated rings. The minimum absolute atomic E-state index is 0.00617. The molecule has 0 saturated carbocycles. The Morgan fingerprint density at radius 3 is 2.14 bits per heavy atom. The van der Waals surface area contributed by atoms with Gasteiger partial charge in [-0.2, -0.15) is 0 Å². The quantitative estimate of drug-likeness (QED) is 0.632. The second-order valence-electron chi connectivity index (χ2n) is 6.64. The highest BCUT2D eigenvalue weighted by atomic mass is 16.5.